The zero-order chi connectivity index (χ0) is 42.7. The van der Waals surface area contributed by atoms with E-state index in [0.29, 0.717) is 41.2 Å². The van der Waals surface area contributed by atoms with Crippen LogP contribution in [0.1, 0.15) is 73.3 Å². The van der Waals surface area contributed by atoms with E-state index in [-0.39, 0.29) is 48.8 Å². The van der Waals surface area contributed by atoms with E-state index in [2.05, 4.69) is 22.2 Å². The topological polar surface area (TPSA) is 232 Å². The number of carboxylic acid groups (broad SMARTS) is 1. The Morgan fingerprint density at radius 1 is 0.915 bits per heavy atom. The number of anilines is 2. The number of ether oxygens (including phenoxy) is 2. The third-order valence-corrected chi connectivity index (χ3v) is 8.72. The smallest absolute Gasteiger partial charge is 0.435 e. The van der Waals surface area contributed by atoms with Gasteiger partial charge >= 0.3 is 18.0 Å². The molecule has 0 bridgehead atoms. The van der Waals surface area contributed by atoms with Crippen LogP contribution in [0.25, 0.3) is 17.1 Å². The molecule has 0 atom stereocenters. The molecule has 2 amide bonds. The van der Waals surface area contributed by atoms with E-state index in [9.17, 15) is 19.2 Å². The van der Waals surface area contributed by atoms with Gasteiger partial charge in [0.1, 0.15) is 17.5 Å². The lowest BCUT2D eigenvalue weighted by Crippen LogP contribution is -2.34. The number of carbonyl (C=O) groups is 4. The number of nitrogens with one attached hydrogen (secondary N) is 1. The van der Waals surface area contributed by atoms with Gasteiger partial charge < -0.3 is 40.4 Å². The van der Waals surface area contributed by atoms with Gasteiger partial charge in [-0.25, -0.2) is 19.6 Å². The first-order chi connectivity index (χ1) is 28.4. The minimum Gasteiger partial charge on any atom is -0.504 e. The monoisotopic (exact) mass is 807 g/mol. The molecule has 16 heteroatoms. The van der Waals surface area contributed by atoms with Gasteiger partial charge in [0.05, 0.1) is 37.2 Å². The van der Waals surface area contributed by atoms with Crippen molar-refractivity contribution in [1.82, 2.24) is 14.5 Å². The third-order valence-electron chi connectivity index (χ3n) is 8.72. The number of amides is 2. The highest BCUT2D eigenvalue weighted by atomic mass is 16.5. The predicted molar refractivity (Wildman–Crippen MR) is 224 cm³/mol. The number of benzene rings is 3. The molecule has 0 fully saturated rings. The Balaban J connectivity index is 0.000000502. The number of hydrogen-bond donors (Lipinski definition) is 5. The molecule has 0 saturated heterocycles. The normalized spacial score (nSPS) is 11.1. The summed E-state index contributed by atoms with van der Waals surface area (Å²) in [6, 6.07) is 21.9. The molecule has 0 aliphatic carbocycles. The summed E-state index contributed by atoms with van der Waals surface area (Å²) in [5, 5.41) is 29.6. The summed E-state index contributed by atoms with van der Waals surface area (Å²) in [6.07, 6.45) is 7.27. The number of aliphatic imine (C=N–C) groups is 1. The standard InChI is InChI=1S/C34H41N7O5.C9H8O4/c1-4-6-7-10-21-46-34(44)39-32(35)24-12-15-26(16-13-24)37-23-30-38-27-22-25(14-17-28(27)40(30)3)33(43)41(20-18-31(42)45-5-2)29-11-8-9-19-36-29;10-7-3-1-6(5-8(7)11)2-4-9(12)13/h8-9,11-17,19,22,37H,4-7,10,18,20-21,23H2,1-3H3,(H2,35,39,44);1-5,10-11H,(H,12,13)/b;4-2+. The molecule has 2 aromatic heterocycles. The van der Waals surface area contributed by atoms with Gasteiger partial charge in [-0.2, -0.15) is 4.99 Å². The quantitative estimate of drug-likeness (QED) is 0.0163. The van der Waals surface area contributed by atoms with Crippen LogP contribution < -0.4 is 16.0 Å². The first-order valence-corrected chi connectivity index (χ1v) is 19.0. The van der Waals surface area contributed by atoms with E-state index < -0.39 is 12.1 Å². The van der Waals surface area contributed by atoms with Gasteiger partial charge in [-0.05, 0) is 91.7 Å². The third kappa shape index (κ3) is 13.7. The van der Waals surface area contributed by atoms with Crippen LogP contribution in [0, 0.1) is 0 Å². The number of aliphatic carboxylic acids is 1. The minimum atomic E-state index is -1.06. The lowest BCUT2D eigenvalue weighted by Gasteiger charge is -2.21. The van der Waals surface area contributed by atoms with Crippen molar-refractivity contribution in [3.05, 3.63) is 114 Å². The SMILES string of the molecule is CCCCCCOC(=O)/N=C(/N)c1ccc(NCc2nc3cc(C(=O)N(CCC(=O)OCC)c4ccccn4)ccc3n2C)cc1.O=C(O)/C=C/c1ccc(O)c(O)c1. The van der Waals surface area contributed by atoms with Crippen LogP contribution in [0.3, 0.4) is 0 Å². The molecule has 0 spiro atoms. The number of carboxylic acids is 1. The fraction of sp³-hybridized carbons (Fsp3) is 0.279. The van der Waals surface area contributed by atoms with E-state index in [4.69, 9.17) is 35.5 Å². The summed E-state index contributed by atoms with van der Waals surface area (Å²) in [4.78, 5) is 62.2. The number of rotatable bonds is 17. The molecule has 5 aromatic rings. The Labute approximate surface area is 341 Å². The number of aromatic nitrogens is 3. The van der Waals surface area contributed by atoms with Gasteiger partial charge in [0.2, 0.25) is 0 Å². The molecule has 59 heavy (non-hydrogen) atoms. The average Bonchev–Trinajstić information content (AvgIpc) is 3.55. The largest absolute Gasteiger partial charge is 0.504 e. The van der Waals surface area contributed by atoms with Gasteiger partial charge in [-0.1, -0.05) is 38.3 Å². The van der Waals surface area contributed by atoms with Gasteiger partial charge in [0.25, 0.3) is 5.91 Å². The van der Waals surface area contributed by atoms with Crippen molar-refractivity contribution >= 4 is 58.4 Å². The number of aryl methyl sites for hydroxylation is 1. The Morgan fingerprint density at radius 3 is 2.36 bits per heavy atom. The second kappa shape index (κ2) is 22.5. The average molecular weight is 808 g/mol. The van der Waals surface area contributed by atoms with Crippen LogP contribution in [-0.2, 0) is 32.7 Å². The van der Waals surface area contributed by atoms with Crippen molar-refractivity contribution in [2.45, 2.75) is 52.5 Å². The number of carbonyl (C=O) groups excluding carboxylic acids is 3. The second-order valence-corrected chi connectivity index (χ2v) is 13.0. The number of unbranched alkanes of at least 4 members (excludes halogenated alkanes) is 3. The van der Waals surface area contributed by atoms with Crippen molar-refractivity contribution in [2.24, 2.45) is 17.8 Å². The maximum absolute atomic E-state index is 13.6. The summed E-state index contributed by atoms with van der Waals surface area (Å²) in [7, 11) is 1.91. The molecular formula is C43H49N7O9. The van der Waals surface area contributed by atoms with Crippen molar-refractivity contribution in [1.29, 1.82) is 0 Å². The molecule has 0 unspecified atom stereocenters. The van der Waals surface area contributed by atoms with Crippen LogP contribution in [0.5, 0.6) is 11.5 Å². The molecule has 310 valence electrons. The lowest BCUT2D eigenvalue weighted by atomic mass is 10.1. The summed E-state index contributed by atoms with van der Waals surface area (Å²) in [5.41, 5.74) is 9.91. The minimum absolute atomic E-state index is 0.0455. The molecule has 0 saturated carbocycles. The highest BCUT2D eigenvalue weighted by Crippen LogP contribution is 2.25. The van der Waals surface area contributed by atoms with Gasteiger partial charge in [0, 0.05) is 42.7 Å². The number of pyridine rings is 1. The maximum Gasteiger partial charge on any atom is 0.435 e. The maximum atomic E-state index is 13.6. The van der Waals surface area contributed by atoms with Gasteiger partial charge in [-0.3, -0.25) is 14.5 Å². The highest BCUT2D eigenvalue weighted by molar-refractivity contribution is 6.07. The summed E-state index contributed by atoms with van der Waals surface area (Å²) < 4.78 is 12.1. The number of phenolic OH excluding ortho intramolecular Hbond substituents is 2. The number of hydrogen-bond acceptors (Lipinski definition) is 11. The Hall–Kier alpha value is -7.23. The van der Waals surface area contributed by atoms with E-state index >= 15 is 0 Å². The molecule has 0 aliphatic heterocycles. The van der Waals surface area contributed by atoms with E-state index in [1.807, 2.05) is 29.8 Å². The molecule has 3 aromatic carbocycles. The number of phenols is 2. The number of imidazole rings is 1. The summed E-state index contributed by atoms with van der Waals surface area (Å²) >= 11 is 0. The van der Waals surface area contributed by atoms with E-state index in [1.54, 1.807) is 55.6 Å². The Kier molecular flexibility index (Phi) is 17.0. The predicted octanol–water partition coefficient (Wildman–Crippen LogP) is 6.80. The zero-order valence-electron chi connectivity index (χ0n) is 33.2. The van der Waals surface area contributed by atoms with Crippen molar-refractivity contribution in [3.8, 4) is 11.5 Å². The molecular weight excluding hydrogens is 759 g/mol. The van der Waals surface area contributed by atoms with Crippen molar-refractivity contribution in [3.63, 3.8) is 0 Å². The van der Waals surface area contributed by atoms with E-state index in [1.165, 1.54) is 29.2 Å². The molecule has 0 radical (unpaired) electrons. The number of nitrogens with zero attached hydrogens (tertiary/aromatic N) is 5. The van der Waals surface area contributed by atoms with Crippen molar-refractivity contribution < 1.29 is 44.0 Å². The second-order valence-electron chi connectivity index (χ2n) is 13.0. The van der Waals surface area contributed by atoms with Crippen LogP contribution in [0.4, 0.5) is 16.3 Å². The van der Waals surface area contributed by atoms with Crippen LogP contribution in [0.2, 0.25) is 0 Å². The van der Waals surface area contributed by atoms with Crippen LogP contribution in [-0.4, -0.2) is 79.4 Å². The summed E-state index contributed by atoms with van der Waals surface area (Å²) in [6.45, 7) is 5.02. The first-order valence-electron chi connectivity index (χ1n) is 19.0. The zero-order valence-corrected chi connectivity index (χ0v) is 33.2. The first kappa shape index (κ1) is 44.5. The number of esters is 1. The van der Waals surface area contributed by atoms with Crippen LogP contribution in [0.15, 0.2) is 96.1 Å². The highest BCUT2D eigenvalue weighted by Gasteiger charge is 2.21. The number of nitrogens with two attached hydrogens (primary N) is 1. The molecule has 6 N–H and O–H groups in total. The Morgan fingerprint density at radius 2 is 1.68 bits per heavy atom. The van der Waals surface area contributed by atoms with Gasteiger partial charge in [0.15, 0.2) is 11.5 Å². The Bertz CT molecular complexity index is 2260. The van der Waals surface area contributed by atoms with Crippen LogP contribution >= 0.6 is 0 Å². The van der Waals surface area contributed by atoms with Crippen molar-refractivity contribution in [2.75, 3.05) is 30.0 Å². The molecule has 5 rings (SSSR count). The lowest BCUT2D eigenvalue weighted by molar-refractivity contribution is -0.142. The fourth-order valence-corrected chi connectivity index (χ4v) is 5.60. The van der Waals surface area contributed by atoms with E-state index in [0.717, 1.165) is 48.8 Å². The van der Waals surface area contributed by atoms with Gasteiger partial charge in [-0.15, -0.1) is 0 Å². The molecule has 16 nitrogen and oxygen atoms in total. The summed E-state index contributed by atoms with van der Waals surface area (Å²) in [5.74, 6) is -0.942. The number of fused-ring (bicyclic) bond motifs is 1. The number of amidine groups is 1. The molecule has 0 aliphatic rings. The molecule has 2 heterocycles. The fourth-order valence-electron chi connectivity index (χ4n) is 5.60. The number of aromatic hydroxyl groups is 2.